The highest BCUT2D eigenvalue weighted by atomic mass is 35.5. The highest BCUT2D eigenvalue weighted by Crippen LogP contribution is 2.27. The minimum absolute atomic E-state index is 0.174. The van der Waals surface area contributed by atoms with E-state index in [1.165, 1.54) is 0 Å². The molecule has 0 aliphatic carbocycles. The van der Waals surface area contributed by atoms with Gasteiger partial charge in [-0.2, -0.15) is 0 Å². The second kappa shape index (κ2) is 11.3. The third-order valence-electron chi connectivity index (χ3n) is 6.16. The summed E-state index contributed by atoms with van der Waals surface area (Å²) in [7, 11) is 0. The Morgan fingerprint density at radius 2 is 1.53 bits per heavy atom. The van der Waals surface area contributed by atoms with Crippen molar-refractivity contribution in [3.63, 3.8) is 0 Å². The molecule has 0 spiro atoms. The van der Waals surface area contributed by atoms with Crippen molar-refractivity contribution in [2.45, 2.75) is 32.3 Å². The lowest BCUT2D eigenvalue weighted by Crippen LogP contribution is -2.38. The molecule has 1 aliphatic rings. The molecule has 0 bridgehead atoms. The monoisotopic (exact) mass is 499 g/mol. The maximum atomic E-state index is 6.15. The Bertz CT molecular complexity index is 1270. The third-order valence-corrected chi connectivity index (χ3v) is 6.39. The van der Waals surface area contributed by atoms with Crippen LogP contribution in [0, 0.1) is 0 Å². The van der Waals surface area contributed by atoms with E-state index in [0.29, 0.717) is 5.02 Å². The minimum atomic E-state index is 0.174. The molecule has 1 saturated heterocycles. The van der Waals surface area contributed by atoms with Crippen molar-refractivity contribution in [1.82, 2.24) is 9.97 Å². The van der Waals surface area contributed by atoms with Gasteiger partial charge in [0.15, 0.2) is 0 Å². The molecule has 184 valence electrons. The number of halogens is 1. The number of para-hydroxylation sites is 1. The number of piperidine rings is 1. The van der Waals surface area contributed by atoms with Gasteiger partial charge in [0.2, 0.25) is 0 Å². The quantitative estimate of drug-likeness (QED) is 0.266. The molecular weight excluding hydrogens is 470 g/mol. The zero-order valence-corrected chi connectivity index (χ0v) is 21.1. The first-order valence-electron chi connectivity index (χ1n) is 12.4. The fraction of sp³-hybridized carbons (Fsp3) is 0.241. The van der Waals surface area contributed by atoms with Crippen molar-refractivity contribution in [3.05, 3.63) is 95.8 Å². The van der Waals surface area contributed by atoms with E-state index >= 15 is 0 Å². The van der Waals surface area contributed by atoms with Crippen LogP contribution in [0.25, 0.3) is 0 Å². The Labute approximate surface area is 217 Å². The number of anilines is 5. The van der Waals surface area contributed by atoms with Crippen LogP contribution in [0.15, 0.2) is 84.9 Å². The summed E-state index contributed by atoms with van der Waals surface area (Å²) in [5.74, 6) is 3.41. The molecule has 1 aromatic heterocycles. The zero-order chi connectivity index (χ0) is 24.7. The number of hydrogen-bond acceptors (Lipinski definition) is 6. The van der Waals surface area contributed by atoms with Crippen LogP contribution in [0.2, 0.25) is 5.02 Å². The van der Waals surface area contributed by atoms with Crippen LogP contribution in [-0.2, 0) is 6.42 Å². The molecular formula is C29H30ClN5O. The molecule has 0 atom stereocenters. The molecule has 1 aliphatic heterocycles. The van der Waals surface area contributed by atoms with E-state index in [0.717, 1.165) is 72.6 Å². The summed E-state index contributed by atoms with van der Waals surface area (Å²) < 4.78 is 6.15. The average Bonchev–Trinajstić information content (AvgIpc) is 2.91. The largest absolute Gasteiger partial charge is 0.490 e. The lowest BCUT2D eigenvalue weighted by molar-refractivity contribution is 0.170. The molecule has 5 rings (SSSR count). The number of rotatable bonds is 8. The van der Waals surface area contributed by atoms with Crippen molar-refractivity contribution < 1.29 is 4.74 Å². The van der Waals surface area contributed by atoms with Gasteiger partial charge in [-0.3, -0.25) is 0 Å². The Kier molecular flexibility index (Phi) is 7.52. The van der Waals surface area contributed by atoms with E-state index in [-0.39, 0.29) is 6.10 Å². The summed E-state index contributed by atoms with van der Waals surface area (Å²) in [6, 6.07) is 28.0. The lowest BCUT2D eigenvalue weighted by atomic mass is 10.1. The molecule has 7 heteroatoms. The number of benzene rings is 3. The maximum absolute atomic E-state index is 6.15. The fourth-order valence-corrected chi connectivity index (χ4v) is 4.46. The molecule has 1 fully saturated rings. The highest BCUT2D eigenvalue weighted by molar-refractivity contribution is 6.30. The number of nitrogens with zero attached hydrogens (tertiary/aromatic N) is 3. The van der Waals surface area contributed by atoms with Gasteiger partial charge in [0.05, 0.1) is 0 Å². The molecule has 6 nitrogen and oxygen atoms in total. The number of ether oxygens (including phenoxy) is 1. The summed E-state index contributed by atoms with van der Waals surface area (Å²) in [5.41, 5.74) is 3.08. The summed E-state index contributed by atoms with van der Waals surface area (Å²) in [6.45, 7) is 3.84. The van der Waals surface area contributed by atoms with Crippen LogP contribution in [-0.4, -0.2) is 29.2 Å². The summed E-state index contributed by atoms with van der Waals surface area (Å²) in [6.07, 6.45) is 2.80. The average molecular weight is 500 g/mol. The van der Waals surface area contributed by atoms with Gasteiger partial charge in [-0.05, 0) is 54.6 Å². The van der Waals surface area contributed by atoms with E-state index in [1.807, 2.05) is 60.7 Å². The van der Waals surface area contributed by atoms with Crippen molar-refractivity contribution in [1.29, 1.82) is 0 Å². The Balaban J connectivity index is 1.22. The number of aryl methyl sites for hydroxylation is 1. The third kappa shape index (κ3) is 6.26. The normalized spacial score (nSPS) is 13.9. The van der Waals surface area contributed by atoms with Gasteiger partial charge < -0.3 is 20.3 Å². The predicted octanol–water partition coefficient (Wildman–Crippen LogP) is 7.23. The Hall–Kier alpha value is -3.77. The topological polar surface area (TPSA) is 62.3 Å². The van der Waals surface area contributed by atoms with Gasteiger partial charge in [-0.15, -0.1) is 0 Å². The van der Waals surface area contributed by atoms with Crippen molar-refractivity contribution in [3.8, 4) is 5.75 Å². The SMILES string of the molecule is CCc1nc(Nc2ccc(Nc3ccccc3)cc2)cc(N2CCC(Oc3cccc(Cl)c3)CC2)n1. The molecule has 2 N–H and O–H groups in total. The van der Waals surface area contributed by atoms with Crippen LogP contribution in [0.5, 0.6) is 5.75 Å². The van der Waals surface area contributed by atoms with Gasteiger partial charge in [-0.25, -0.2) is 9.97 Å². The molecule has 0 saturated carbocycles. The van der Waals surface area contributed by atoms with Crippen LogP contribution in [0.4, 0.5) is 28.7 Å². The van der Waals surface area contributed by atoms with Gasteiger partial charge in [0, 0.05) is 60.5 Å². The van der Waals surface area contributed by atoms with Crippen LogP contribution < -0.4 is 20.3 Å². The summed E-state index contributed by atoms with van der Waals surface area (Å²) >= 11 is 6.10. The van der Waals surface area contributed by atoms with Crippen LogP contribution >= 0.6 is 11.6 Å². The van der Waals surface area contributed by atoms with Crippen molar-refractivity contribution >= 4 is 40.3 Å². The predicted molar refractivity (Wildman–Crippen MR) is 148 cm³/mol. The molecule has 0 amide bonds. The number of nitrogens with one attached hydrogen (secondary N) is 2. The maximum Gasteiger partial charge on any atom is 0.136 e. The van der Waals surface area contributed by atoms with Crippen molar-refractivity contribution in [2.24, 2.45) is 0 Å². The molecule has 0 unspecified atom stereocenters. The molecule has 4 aromatic rings. The number of hydrogen-bond donors (Lipinski definition) is 2. The summed E-state index contributed by atoms with van der Waals surface area (Å²) in [5, 5.41) is 7.56. The standard InChI is InChI=1S/C29H30ClN5O/c1-2-27-33-28(32-24-13-11-23(12-14-24)31-22-8-4-3-5-9-22)20-29(34-27)35-17-15-25(16-18-35)36-26-10-6-7-21(30)19-26/h3-14,19-20,25,31H,2,15-18H2,1H3,(H,32,33,34). The molecule has 2 heterocycles. The van der Waals surface area contributed by atoms with Crippen LogP contribution in [0.3, 0.4) is 0 Å². The zero-order valence-electron chi connectivity index (χ0n) is 20.3. The molecule has 36 heavy (non-hydrogen) atoms. The summed E-state index contributed by atoms with van der Waals surface area (Å²) in [4.78, 5) is 11.8. The molecule has 0 radical (unpaired) electrons. The van der Waals surface area contributed by atoms with E-state index in [9.17, 15) is 0 Å². The smallest absolute Gasteiger partial charge is 0.136 e. The van der Waals surface area contributed by atoms with Gasteiger partial charge in [0.1, 0.15) is 29.3 Å². The lowest BCUT2D eigenvalue weighted by Gasteiger charge is -2.33. The fourth-order valence-electron chi connectivity index (χ4n) is 4.28. The van der Waals surface area contributed by atoms with E-state index in [1.54, 1.807) is 0 Å². The van der Waals surface area contributed by atoms with E-state index in [4.69, 9.17) is 26.3 Å². The first kappa shape index (κ1) is 23.9. The van der Waals surface area contributed by atoms with Crippen molar-refractivity contribution in [2.75, 3.05) is 28.6 Å². The van der Waals surface area contributed by atoms with E-state index in [2.05, 4.69) is 46.7 Å². The second-order valence-electron chi connectivity index (χ2n) is 8.84. The second-order valence-corrected chi connectivity index (χ2v) is 9.27. The van der Waals surface area contributed by atoms with E-state index < -0.39 is 0 Å². The highest BCUT2D eigenvalue weighted by Gasteiger charge is 2.22. The first-order chi connectivity index (χ1) is 17.6. The number of aromatic nitrogens is 2. The first-order valence-corrected chi connectivity index (χ1v) is 12.8. The minimum Gasteiger partial charge on any atom is -0.490 e. The van der Waals surface area contributed by atoms with Gasteiger partial charge in [-0.1, -0.05) is 42.8 Å². The molecule has 3 aromatic carbocycles. The van der Waals surface area contributed by atoms with Crippen LogP contribution in [0.1, 0.15) is 25.6 Å². The van der Waals surface area contributed by atoms with Gasteiger partial charge >= 0.3 is 0 Å². The Morgan fingerprint density at radius 3 is 2.22 bits per heavy atom. The Morgan fingerprint density at radius 1 is 0.833 bits per heavy atom. The van der Waals surface area contributed by atoms with Gasteiger partial charge in [0.25, 0.3) is 0 Å².